The molecule has 4 heteroatoms. The number of amides is 2. The molecule has 1 aromatic rings. The molecule has 3 rings (SSSR count). The highest BCUT2D eigenvalue weighted by Gasteiger charge is 2.36. The van der Waals surface area contributed by atoms with Crippen LogP contribution < -0.4 is 5.32 Å². The first kappa shape index (κ1) is 18.9. The predicted molar refractivity (Wildman–Crippen MR) is 104 cm³/mol. The Morgan fingerprint density at radius 1 is 1.15 bits per heavy atom. The van der Waals surface area contributed by atoms with E-state index < -0.39 is 0 Å². The van der Waals surface area contributed by atoms with E-state index in [0.717, 1.165) is 25.2 Å². The Labute approximate surface area is 157 Å². The van der Waals surface area contributed by atoms with E-state index in [4.69, 9.17) is 0 Å². The second-order valence-corrected chi connectivity index (χ2v) is 8.23. The molecule has 26 heavy (non-hydrogen) atoms. The molecule has 1 N–H and O–H groups in total. The van der Waals surface area contributed by atoms with Crippen LogP contribution in [-0.4, -0.2) is 28.8 Å². The summed E-state index contributed by atoms with van der Waals surface area (Å²) in [4.78, 5) is 27.8. The number of carbonyl (C=O) groups is 2. The van der Waals surface area contributed by atoms with Crippen molar-refractivity contribution in [1.82, 2.24) is 10.2 Å². The average Bonchev–Trinajstić information content (AvgIpc) is 2.67. The molecule has 2 atom stereocenters. The van der Waals surface area contributed by atoms with Gasteiger partial charge in [-0.25, -0.2) is 0 Å². The number of carbonyl (C=O) groups excluding carboxylic acids is 2. The Morgan fingerprint density at radius 2 is 1.81 bits per heavy atom. The summed E-state index contributed by atoms with van der Waals surface area (Å²) in [5.74, 6) is 0.828. The zero-order valence-corrected chi connectivity index (χ0v) is 16.3. The lowest BCUT2D eigenvalue weighted by Crippen LogP contribution is -2.55. The second-order valence-electron chi connectivity index (χ2n) is 8.23. The molecular weight excluding hydrogens is 324 g/mol. The third-order valence-corrected chi connectivity index (χ3v) is 6.23. The molecule has 2 amide bonds. The number of hydrogen-bond donors (Lipinski definition) is 1. The van der Waals surface area contributed by atoms with Gasteiger partial charge in [0.15, 0.2) is 0 Å². The standard InChI is InChI=1S/C22H32N2O2/c1-4-16(3)22(26)24-14-18-8-6-5-7-17(18)13-20(24)21(25)23-19-11-9-15(2)10-12-19/h5-8,15-16,19-20H,4,9-14H2,1-3H3,(H,23,25). The summed E-state index contributed by atoms with van der Waals surface area (Å²) in [6.07, 6.45) is 5.87. The molecule has 0 aromatic heterocycles. The molecule has 2 unspecified atom stereocenters. The number of rotatable bonds is 4. The smallest absolute Gasteiger partial charge is 0.243 e. The van der Waals surface area contributed by atoms with Gasteiger partial charge in [0, 0.05) is 24.9 Å². The zero-order chi connectivity index (χ0) is 18.7. The molecule has 0 radical (unpaired) electrons. The van der Waals surface area contributed by atoms with E-state index in [1.807, 2.05) is 30.9 Å². The summed E-state index contributed by atoms with van der Waals surface area (Å²) in [5, 5.41) is 3.25. The average molecular weight is 357 g/mol. The number of fused-ring (bicyclic) bond motifs is 1. The lowest BCUT2D eigenvalue weighted by molar-refractivity contribution is -0.145. The molecule has 1 aliphatic carbocycles. The highest BCUT2D eigenvalue weighted by Crippen LogP contribution is 2.27. The lowest BCUT2D eigenvalue weighted by Gasteiger charge is -2.38. The van der Waals surface area contributed by atoms with Crippen LogP contribution in [0.2, 0.25) is 0 Å². The van der Waals surface area contributed by atoms with E-state index in [0.29, 0.717) is 13.0 Å². The van der Waals surface area contributed by atoms with Gasteiger partial charge in [0.2, 0.25) is 11.8 Å². The van der Waals surface area contributed by atoms with Crippen molar-refractivity contribution in [2.24, 2.45) is 11.8 Å². The van der Waals surface area contributed by atoms with Crippen molar-refractivity contribution < 1.29 is 9.59 Å². The van der Waals surface area contributed by atoms with Gasteiger partial charge in [0.1, 0.15) is 6.04 Å². The van der Waals surface area contributed by atoms with E-state index in [-0.39, 0.29) is 29.8 Å². The molecule has 0 bridgehead atoms. The Hall–Kier alpha value is -1.84. The van der Waals surface area contributed by atoms with Gasteiger partial charge in [0.05, 0.1) is 0 Å². The number of hydrogen-bond acceptors (Lipinski definition) is 2. The van der Waals surface area contributed by atoms with Crippen LogP contribution in [0.4, 0.5) is 0 Å². The van der Waals surface area contributed by atoms with Crippen molar-refractivity contribution in [2.75, 3.05) is 0 Å². The van der Waals surface area contributed by atoms with Crippen molar-refractivity contribution in [1.29, 1.82) is 0 Å². The van der Waals surface area contributed by atoms with Gasteiger partial charge in [-0.15, -0.1) is 0 Å². The van der Waals surface area contributed by atoms with Crippen LogP contribution >= 0.6 is 0 Å². The van der Waals surface area contributed by atoms with Crippen LogP contribution in [0, 0.1) is 11.8 Å². The second kappa shape index (κ2) is 8.24. The summed E-state index contributed by atoms with van der Waals surface area (Å²) < 4.78 is 0. The van der Waals surface area contributed by atoms with E-state index in [2.05, 4.69) is 24.4 Å². The molecule has 1 aromatic carbocycles. The first-order valence-corrected chi connectivity index (χ1v) is 10.2. The maximum atomic E-state index is 13.1. The number of nitrogens with zero attached hydrogens (tertiary/aromatic N) is 1. The van der Waals surface area contributed by atoms with Crippen molar-refractivity contribution in [3.63, 3.8) is 0 Å². The fraction of sp³-hybridized carbons (Fsp3) is 0.636. The Morgan fingerprint density at radius 3 is 2.46 bits per heavy atom. The SMILES string of the molecule is CCC(C)C(=O)N1Cc2ccccc2CC1C(=O)NC1CCC(C)CC1. The molecule has 1 heterocycles. The molecule has 1 fully saturated rings. The maximum absolute atomic E-state index is 13.1. The largest absolute Gasteiger partial charge is 0.352 e. The van der Waals surface area contributed by atoms with E-state index in [9.17, 15) is 9.59 Å². The maximum Gasteiger partial charge on any atom is 0.243 e. The van der Waals surface area contributed by atoms with Gasteiger partial charge in [-0.1, -0.05) is 45.0 Å². The minimum absolute atomic E-state index is 0.0238. The predicted octanol–water partition coefficient (Wildman–Crippen LogP) is 3.68. The normalized spacial score (nSPS) is 26.7. The highest BCUT2D eigenvalue weighted by atomic mass is 16.2. The molecule has 142 valence electrons. The molecule has 2 aliphatic rings. The van der Waals surface area contributed by atoms with E-state index in [1.54, 1.807) is 0 Å². The summed E-state index contributed by atoms with van der Waals surface area (Å²) in [6.45, 7) is 6.81. The summed E-state index contributed by atoms with van der Waals surface area (Å²) in [6, 6.07) is 8.06. The van der Waals surface area contributed by atoms with Gasteiger partial charge in [-0.3, -0.25) is 9.59 Å². The van der Waals surface area contributed by atoms with Crippen LogP contribution in [0.25, 0.3) is 0 Å². The van der Waals surface area contributed by atoms with Gasteiger partial charge >= 0.3 is 0 Å². The van der Waals surface area contributed by atoms with Crippen LogP contribution in [0.15, 0.2) is 24.3 Å². The van der Waals surface area contributed by atoms with Crippen LogP contribution in [-0.2, 0) is 22.6 Å². The quantitative estimate of drug-likeness (QED) is 0.895. The first-order chi connectivity index (χ1) is 12.5. The van der Waals surface area contributed by atoms with Crippen LogP contribution in [0.1, 0.15) is 64.0 Å². The Balaban J connectivity index is 1.77. The fourth-order valence-electron chi connectivity index (χ4n) is 4.15. The molecular formula is C22H32N2O2. The van der Waals surface area contributed by atoms with Crippen LogP contribution in [0.3, 0.4) is 0 Å². The molecule has 0 saturated heterocycles. The minimum Gasteiger partial charge on any atom is -0.352 e. The van der Waals surface area contributed by atoms with Crippen molar-refractivity contribution in [3.05, 3.63) is 35.4 Å². The summed E-state index contributed by atoms with van der Waals surface area (Å²) in [5.41, 5.74) is 2.36. The molecule has 0 spiro atoms. The third kappa shape index (κ3) is 4.11. The van der Waals surface area contributed by atoms with Crippen molar-refractivity contribution in [2.45, 2.75) is 77.9 Å². The monoisotopic (exact) mass is 356 g/mol. The molecule has 1 aliphatic heterocycles. The van der Waals surface area contributed by atoms with Gasteiger partial charge in [0.25, 0.3) is 0 Å². The first-order valence-electron chi connectivity index (χ1n) is 10.2. The summed E-state index contributed by atoms with van der Waals surface area (Å²) >= 11 is 0. The molecule has 4 nitrogen and oxygen atoms in total. The van der Waals surface area contributed by atoms with Gasteiger partial charge in [-0.2, -0.15) is 0 Å². The van der Waals surface area contributed by atoms with Crippen LogP contribution in [0.5, 0.6) is 0 Å². The van der Waals surface area contributed by atoms with Gasteiger partial charge in [-0.05, 0) is 49.1 Å². The summed E-state index contributed by atoms with van der Waals surface area (Å²) in [7, 11) is 0. The topological polar surface area (TPSA) is 49.4 Å². The fourth-order valence-corrected chi connectivity index (χ4v) is 4.15. The zero-order valence-electron chi connectivity index (χ0n) is 16.3. The third-order valence-electron chi connectivity index (χ3n) is 6.23. The van der Waals surface area contributed by atoms with Crippen molar-refractivity contribution >= 4 is 11.8 Å². The Bertz CT molecular complexity index is 649. The molecule has 1 saturated carbocycles. The van der Waals surface area contributed by atoms with E-state index >= 15 is 0 Å². The highest BCUT2D eigenvalue weighted by molar-refractivity contribution is 5.89. The van der Waals surface area contributed by atoms with E-state index in [1.165, 1.54) is 24.0 Å². The minimum atomic E-state index is -0.384. The van der Waals surface area contributed by atoms with Gasteiger partial charge < -0.3 is 10.2 Å². The number of benzene rings is 1. The lowest BCUT2D eigenvalue weighted by atomic mass is 9.87. The Kier molecular flexibility index (Phi) is 6.00. The number of nitrogens with one attached hydrogen (secondary N) is 1. The van der Waals surface area contributed by atoms with Crippen molar-refractivity contribution in [3.8, 4) is 0 Å².